The molecule has 4 aromatic rings. The molecule has 6 rings (SSSR count). The van der Waals surface area contributed by atoms with Gasteiger partial charge in [0.15, 0.2) is 0 Å². The number of carbonyl (C=O) groups is 1. The highest BCUT2D eigenvalue weighted by Gasteiger charge is 2.29. The maximum atomic E-state index is 14.4. The van der Waals surface area contributed by atoms with Gasteiger partial charge in [-0.2, -0.15) is 15.2 Å². The summed E-state index contributed by atoms with van der Waals surface area (Å²) in [5.74, 6) is 0.400. The third-order valence-corrected chi connectivity index (χ3v) is 9.54. The lowest BCUT2D eigenvalue weighted by Crippen LogP contribution is -2.35. The van der Waals surface area contributed by atoms with E-state index in [1.807, 2.05) is 53.0 Å². The van der Waals surface area contributed by atoms with Crippen LogP contribution in [0.2, 0.25) is 0 Å². The van der Waals surface area contributed by atoms with E-state index < -0.39 is 9.84 Å². The summed E-state index contributed by atoms with van der Waals surface area (Å²) in [6.07, 6.45) is 7.67. The first kappa shape index (κ1) is 30.8. The number of hydrazone groups is 1. The van der Waals surface area contributed by atoms with Crippen LogP contribution in [0.25, 0.3) is 16.9 Å². The van der Waals surface area contributed by atoms with Crippen molar-refractivity contribution in [2.75, 3.05) is 18.6 Å². The second-order valence-electron chi connectivity index (χ2n) is 11.9. The lowest BCUT2D eigenvalue weighted by molar-refractivity contribution is -0.119. The van der Waals surface area contributed by atoms with Crippen molar-refractivity contribution in [1.29, 1.82) is 0 Å². The maximum absolute atomic E-state index is 14.4. The number of nitrogens with zero attached hydrogens (tertiary/aromatic N) is 5. The third-order valence-electron chi connectivity index (χ3n) is 8.63. The first-order valence-electron chi connectivity index (χ1n) is 15.5. The van der Waals surface area contributed by atoms with Gasteiger partial charge in [0.2, 0.25) is 11.7 Å². The van der Waals surface area contributed by atoms with Crippen LogP contribution in [0.1, 0.15) is 73.9 Å². The van der Waals surface area contributed by atoms with E-state index in [2.05, 4.69) is 27.5 Å². The number of aromatic nitrogens is 4. The van der Waals surface area contributed by atoms with Gasteiger partial charge in [-0.1, -0.05) is 55.8 Å². The number of rotatable bonds is 11. The fourth-order valence-electron chi connectivity index (χ4n) is 6.44. The van der Waals surface area contributed by atoms with Gasteiger partial charge < -0.3 is 4.74 Å². The van der Waals surface area contributed by atoms with E-state index in [9.17, 15) is 18.0 Å². The molecule has 2 aromatic carbocycles. The Kier molecular flexibility index (Phi) is 8.95. The average molecular weight is 631 g/mol. The van der Waals surface area contributed by atoms with E-state index in [0.717, 1.165) is 60.1 Å². The molecule has 3 heterocycles. The smallest absolute Gasteiger partial charge is 0.259 e. The molecule has 1 amide bonds. The summed E-state index contributed by atoms with van der Waals surface area (Å²) in [7, 11) is -3.08. The van der Waals surface area contributed by atoms with Crippen molar-refractivity contribution >= 4 is 27.2 Å². The summed E-state index contributed by atoms with van der Waals surface area (Å²) in [6.45, 7) is 2.26. The first-order chi connectivity index (χ1) is 21.7. The number of nitrogens with one attached hydrogen (secondary N) is 1. The number of fused-ring (bicyclic) bond motifs is 1. The molecular weight excluding hydrogens is 592 g/mol. The van der Waals surface area contributed by atoms with E-state index in [4.69, 9.17) is 4.74 Å². The van der Waals surface area contributed by atoms with Crippen LogP contribution in [0, 0.1) is 0 Å². The van der Waals surface area contributed by atoms with Gasteiger partial charge in [-0.3, -0.25) is 14.2 Å². The minimum Gasteiger partial charge on any atom is -0.377 e. The van der Waals surface area contributed by atoms with Crippen molar-refractivity contribution < 1.29 is 17.9 Å². The minimum absolute atomic E-state index is 0.00319. The zero-order chi connectivity index (χ0) is 31.6. The lowest BCUT2D eigenvalue weighted by atomic mass is 9.91. The molecule has 45 heavy (non-hydrogen) atoms. The number of benzene rings is 2. The third kappa shape index (κ3) is 6.76. The molecule has 0 spiro atoms. The number of carbonyl (C=O) groups excluding carboxylic acids is 1. The quantitative estimate of drug-likeness (QED) is 0.266. The SMILES string of the molecule is CCCc1c(Cc2ccc(-c3ccccc3)c(C3=NNC(=O)C3)c2)c(=O)n(C2CCC(OCCS(C)(=O)=O)CC2)c2ncnn12. The van der Waals surface area contributed by atoms with Gasteiger partial charge in [0, 0.05) is 29.8 Å². The topological polar surface area (TPSA) is 137 Å². The van der Waals surface area contributed by atoms with Crippen LogP contribution >= 0.6 is 0 Å². The fourth-order valence-corrected chi connectivity index (χ4v) is 6.84. The number of amides is 1. The van der Waals surface area contributed by atoms with Crippen LogP contribution in [0.5, 0.6) is 0 Å². The molecular formula is C33H38N6O5S. The Balaban J connectivity index is 1.35. The number of hydrogen-bond acceptors (Lipinski definition) is 8. The van der Waals surface area contributed by atoms with Gasteiger partial charge in [0.05, 0.1) is 36.3 Å². The van der Waals surface area contributed by atoms with Crippen molar-refractivity contribution in [2.45, 2.75) is 70.4 Å². The lowest BCUT2D eigenvalue weighted by Gasteiger charge is -2.30. The molecule has 236 valence electrons. The molecule has 0 radical (unpaired) electrons. The normalized spacial score (nSPS) is 18.7. The fraction of sp³-hybridized carbons (Fsp3) is 0.424. The molecule has 1 aliphatic carbocycles. The zero-order valence-corrected chi connectivity index (χ0v) is 26.4. The van der Waals surface area contributed by atoms with Gasteiger partial charge >= 0.3 is 0 Å². The van der Waals surface area contributed by atoms with Crippen molar-refractivity contribution in [2.24, 2.45) is 5.10 Å². The highest BCUT2D eigenvalue weighted by molar-refractivity contribution is 7.90. The molecule has 12 heteroatoms. The predicted octanol–water partition coefficient (Wildman–Crippen LogP) is 3.87. The Morgan fingerprint density at radius 1 is 1.02 bits per heavy atom. The molecule has 1 N–H and O–H groups in total. The standard InChI is InChI=1S/C33H38N6O5S/c1-3-7-30-28(19-22-10-15-26(23-8-5-4-6-9-23)27(18-22)29-20-31(40)37-36-29)32(41)38(33-34-21-35-39(30)33)24-11-13-25(14-12-24)44-16-17-45(2,42)43/h4-6,8-10,15,18,21,24-25H,3,7,11-14,16-17,19-20H2,1-2H3,(H,37,40). The van der Waals surface area contributed by atoms with Gasteiger partial charge in [0.25, 0.3) is 5.56 Å². The van der Waals surface area contributed by atoms with E-state index in [-0.39, 0.29) is 42.4 Å². The van der Waals surface area contributed by atoms with Gasteiger partial charge in [-0.05, 0) is 54.9 Å². The summed E-state index contributed by atoms with van der Waals surface area (Å²) in [6, 6.07) is 16.1. The molecule has 1 aliphatic heterocycles. The largest absolute Gasteiger partial charge is 0.377 e. The van der Waals surface area contributed by atoms with Crippen LogP contribution in [-0.4, -0.2) is 63.9 Å². The van der Waals surface area contributed by atoms with Crippen LogP contribution in [0.4, 0.5) is 0 Å². The average Bonchev–Trinajstić information content (AvgIpc) is 3.69. The molecule has 0 atom stereocenters. The molecule has 1 fully saturated rings. The van der Waals surface area contributed by atoms with Crippen molar-refractivity contribution in [3.05, 3.63) is 87.6 Å². The van der Waals surface area contributed by atoms with Gasteiger partial charge in [-0.15, -0.1) is 0 Å². The molecule has 2 aromatic heterocycles. The van der Waals surface area contributed by atoms with Gasteiger partial charge in [-0.25, -0.2) is 18.4 Å². The van der Waals surface area contributed by atoms with E-state index >= 15 is 0 Å². The van der Waals surface area contributed by atoms with Crippen molar-refractivity contribution in [1.82, 2.24) is 24.6 Å². The summed E-state index contributed by atoms with van der Waals surface area (Å²) >= 11 is 0. The van der Waals surface area contributed by atoms with Crippen LogP contribution in [-0.2, 0) is 32.2 Å². The number of ether oxygens (including phenoxy) is 1. The molecule has 1 saturated carbocycles. The summed E-state index contributed by atoms with van der Waals surface area (Å²) < 4.78 is 32.5. The molecule has 2 aliphatic rings. The highest BCUT2D eigenvalue weighted by atomic mass is 32.2. The maximum Gasteiger partial charge on any atom is 0.259 e. The molecule has 0 unspecified atom stereocenters. The summed E-state index contributed by atoms with van der Waals surface area (Å²) in [4.78, 5) is 31.0. The monoisotopic (exact) mass is 630 g/mol. The van der Waals surface area contributed by atoms with E-state index in [0.29, 0.717) is 29.9 Å². The number of sulfone groups is 1. The van der Waals surface area contributed by atoms with Crippen molar-refractivity contribution in [3.8, 4) is 11.1 Å². The first-order valence-corrected chi connectivity index (χ1v) is 17.6. The molecule has 0 saturated heterocycles. The summed E-state index contributed by atoms with van der Waals surface area (Å²) in [5.41, 5.74) is 8.53. The second-order valence-corrected chi connectivity index (χ2v) is 14.2. The summed E-state index contributed by atoms with van der Waals surface area (Å²) in [5, 5.41) is 8.88. The number of aryl methyl sites for hydroxylation is 1. The zero-order valence-electron chi connectivity index (χ0n) is 25.6. The molecule has 0 bridgehead atoms. The minimum atomic E-state index is -3.08. The Morgan fingerprint density at radius 3 is 2.49 bits per heavy atom. The Morgan fingerprint density at radius 2 is 1.80 bits per heavy atom. The number of hydrogen-bond donors (Lipinski definition) is 1. The van der Waals surface area contributed by atoms with Crippen molar-refractivity contribution in [3.63, 3.8) is 0 Å². The highest BCUT2D eigenvalue weighted by Crippen LogP contribution is 2.32. The van der Waals surface area contributed by atoms with E-state index in [1.54, 1.807) is 4.57 Å². The molecule has 11 nitrogen and oxygen atoms in total. The predicted molar refractivity (Wildman–Crippen MR) is 172 cm³/mol. The van der Waals surface area contributed by atoms with Crippen LogP contribution < -0.4 is 11.0 Å². The Hall–Kier alpha value is -4.16. The second kappa shape index (κ2) is 13.1. The van der Waals surface area contributed by atoms with Gasteiger partial charge in [0.1, 0.15) is 16.2 Å². The Labute approximate surface area is 262 Å². The van der Waals surface area contributed by atoms with Crippen LogP contribution in [0.15, 0.2) is 64.8 Å². The van der Waals surface area contributed by atoms with Crippen LogP contribution in [0.3, 0.4) is 0 Å². The van der Waals surface area contributed by atoms with E-state index in [1.165, 1.54) is 12.6 Å². The Bertz CT molecular complexity index is 1910.